The van der Waals surface area contributed by atoms with E-state index in [0.717, 1.165) is 11.0 Å². The van der Waals surface area contributed by atoms with Crippen LogP contribution in [0.2, 0.25) is 0 Å². The van der Waals surface area contributed by atoms with Crippen molar-refractivity contribution in [3.05, 3.63) is 35.1 Å². The van der Waals surface area contributed by atoms with E-state index < -0.39 is 17.6 Å². The molecule has 3 amide bonds. The lowest BCUT2D eigenvalue weighted by atomic mass is 10.1. The fraction of sp³-hybridized carbons (Fsp3) is 0.357. The third-order valence-electron chi connectivity index (χ3n) is 3.11. The molecule has 1 N–H and O–H groups in total. The monoisotopic (exact) mass is 278 g/mol. The maximum Gasteiger partial charge on any atom is 0.264 e. The highest BCUT2D eigenvalue weighted by molar-refractivity contribution is 6.21. The largest absolute Gasteiger partial charge is 0.354 e. The fourth-order valence-electron chi connectivity index (χ4n) is 1.99. The van der Waals surface area contributed by atoms with Crippen LogP contribution in [0, 0.1) is 11.7 Å². The number of fused-ring (bicyclic) bond motifs is 1. The van der Waals surface area contributed by atoms with E-state index in [1.807, 2.05) is 0 Å². The number of hydrogen-bond acceptors (Lipinski definition) is 3. The Kier molecular flexibility index (Phi) is 3.83. The normalized spacial score (nSPS) is 13.9. The van der Waals surface area contributed by atoms with Crippen molar-refractivity contribution in [2.45, 2.75) is 13.8 Å². The molecule has 5 nitrogen and oxygen atoms in total. The van der Waals surface area contributed by atoms with E-state index in [9.17, 15) is 18.8 Å². The summed E-state index contributed by atoms with van der Waals surface area (Å²) in [4.78, 5) is 36.3. The summed E-state index contributed by atoms with van der Waals surface area (Å²) in [5, 5.41) is 2.61. The molecule has 6 heteroatoms. The van der Waals surface area contributed by atoms with Gasteiger partial charge in [0.15, 0.2) is 0 Å². The van der Waals surface area contributed by atoms with E-state index in [1.165, 1.54) is 12.1 Å². The van der Waals surface area contributed by atoms with Crippen molar-refractivity contribution in [2.75, 3.05) is 13.1 Å². The summed E-state index contributed by atoms with van der Waals surface area (Å²) in [5.41, 5.74) is -0.113. The van der Waals surface area contributed by atoms with E-state index in [4.69, 9.17) is 0 Å². The molecule has 0 saturated carbocycles. The Morgan fingerprint density at radius 3 is 2.60 bits per heavy atom. The average Bonchev–Trinajstić information content (AvgIpc) is 2.64. The van der Waals surface area contributed by atoms with Gasteiger partial charge in [-0.25, -0.2) is 4.39 Å². The molecule has 0 spiro atoms. The first-order valence-electron chi connectivity index (χ1n) is 6.36. The van der Waals surface area contributed by atoms with Crippen LogP contribution in [0.5, 0.6) is 0 Å². The Balaban J connectivity index is 2.06. The van der Waals surface area contributed by atoms with E-state index >= 15 is 0 Å². The lowest BCUT2D eigenvalue weighted by Gasteiger charge is -2.14. The Morgan fingerprint density at radius 1 is 1.30 bits per heavy atom. The standard InChI is InChI=1S/C14H15FN2O3/c1-8(2)12(18)16-6-7-17-13(19)9-4-3-5-10(15)11(9)14(17)20/h3-5,8H,6-7H2,1-2H3,(H,16,18). The molecule has 0 aliphatic carbocycles. The molecule has 20 heavy (non-hydrogen) atoms. The van der Waals surface area contributed by atoms with Crippen LogP contribution in [0.4, 0.5) is 4.39 Å². The predicted molar refractivity (Wildman–Crippen MR) is 69.6 cm³/mol. The van der Waals surface area contributed by atoms with Gasteiger partial charge in [-0.1, -0.05) is 19.9 Å². The van der Waals surface area contributed by atoms with Crippen LogP contribution in [0.1, 0.15) is 34.6 Å². The molecule has 0 unspecified atom stereocenters. The van der Waals surface area contributed by atoms with Gasteiger partial charge in [-0.3, -0.25) is 19.3 Å². The van der Waals surface area contributed by atoms with Crippen molar-refractivity contribution >= 4 is 17.7 Å². The molecule has 1 aromatic rings. The van der Waals surface area contributed by atoms with Crippen LogP contribution in [-0.4, -0.2) is 35.7 Å². The lowest BCUT2D eigenvalue weighted by molar-refractivity contribution is -0.124. The van der Waals surface area contributed by atoms with Crippen molar-refractivity contribution in [1.82, 2.24) is 10.2 Å². The maximum absolute atomic E-state index is 13.6. The molecule has 0 bridgehead atoms. The predicted octanol–water partition coefficient (Wildman–Crippen LogP) is 1.19. The van der Waals surface area contributed by atoms with Gasteiger partial charge in [0.05, 0.1) is 11.1 Å². The topological polar surface area (TPSA) is 66.5 Å². The van der Waals surface area contributed by atoms with Crippen LogP contribution in [0.15, 0.2) is 18.2 Å². The summed E-state index contributed by atoms with van der Waals surface area (Å²) < 4.78 is 13.6. The number of hydrogen-bond donors (Lipinski definition) is 1. The molecule has 1 aromatic carbocycles. The van der Waals surface area contributed by atoms with Gasteiger partial charge < -0.3 is 5.32 Å². The average molecular weight is 278 g/mol. The molecule has 1 aliphatic heterocycles. The number of nitrogens with one attached hydrogen (secondary N) is 1. The number of amides is 3. The lowest BCUT2D eigenvalue weighted by Crippen LogP contribution is -2.39. The molecule has 0 aromatic heterocycles. The molecule has 1 heterocycles. The fourth-order valence-corrected chi connectivity index (χ4v) is 1.99. The molecular formula is C14H15FN2O3. The first-order valence-corrected chi connectivity index (χ1v) is 6.36. The van der Waals surface area contributed by atoms with Gasteiger partial charge >= 0.3 is 0 Å². The highest BCUT2D eigenvalue weighted by Crippen LogP contribution is 2.24. The number of nitrogens with zero attached hydrogens (tertiary/aromatic N) is 1. The summed E-state index contributed by atoms with van der Waals surface area (Å²) in [5.74, 6) is -2.21. The van der Waals surface area contributed by atoms with Crippen LogP contribution in [-0.2, 0) is 4.79 Å². The Hall–Kier alpha value is -2.24. The summed E-state index contributed by atoms with van der Waals surface area (Å²) >= 11 is 0. The second kappa shape index (κ2) is 5.40. The molecule has 0 atom stereocenters. The van der Waals surface area contributed by atoms with E-state index in [1.54, 1.807) is 13.8 Å². The zero-order valence-corrected chi connectivity index (χ0v) is 11.3. The minimum atomic E-state index is -0.699. The van der Waals surface area contributed by atoms with Crippen molar-refractivity contribution in [3.63, 3.8) is 0 Å². The van der Waals surface area contributed by atoms with Crippen molar-refractivity contribution < 1.29 is 18.8 Å². The Bertz CT molecular complexity index is 584. The highest BCUT2D eigenvalue weighted by atomic mass is 19.1. The first kappa shape index (κ1) is 14.2. The number of benzene rings is 1. The third-order valence-corrected chi connectivity index (χ3v) is 3.11. The van der Waals surface area contributed by atoms with E-state index in [0.29, 0.717) is 0 Å². The number of imide groups is 1. The second-order valence-electron chi connectivity index (χ2n) is 4.87. The highest BCUT2D eigenvalue weighted by Gasteiger charge is 2.37. The molecular weight excluding hydrogens is 263 g/mol. The molecule has 0 fully saturated rings. The zero-order valence-electron chi connectivity index (χ0n) is 11.3. The minimum absolute atomic E-state index is 0.0320. The summed E-state index contributed by atoms with van der Waals surface area (Å²) in [6.45, 7) is 3.67. The summed E-state index contributed by atoms with van der Waals surface area (Å²) in [7, 11) is 0. The maximum atomic E-state index is 13.6. The second-order valence-corrected chi connectivity index (χ2v) is 4.87. The van der Waals surface area contributed by atoms with Gasteiger partial charge in [0, 0.05) is 19.0 Å². The van der Waals surface area contributed by atoms with Gasteiger partial charge in [0.2, 0.25) is 5.91 Å². The van der Waals surface area contributed by atoms with Gasteiger partial charge in [-0.05, 0) is 12.1 Å². The van der Waals surface area contributed by atoms with E-state index in [-0.39, 0.29) is 36.0 Å². The number of halogens is 1. The number of rotatable bonds is 4. The summed E-state index contributed by atoms with van der Waals surface area (Å²) in [6.07, 6.45) is 0. The van der Waals surface area contributed by atoms with Crippen LogP contribution >= 0.6 is 0 Å². The quantitative estimate of drug-likeness (QED) is 0.841. The van der Waals surface area contributed by atoms with Gasteiger partial charge in [-0.15, -0.1) is 0 Å². The summed E-state index contributed by atoms with van der Waals surface area (Å²) in [6, 6.07) is 3.96. The van der Waals surface area contributed by atoms with Gasteiger partial charge in [-0.2, -0.15) is 0 Å². The number of carbonyl (C=O) groups is 3. The molecule has 1 aliphatic rings. The van der Waals surface area contributed by atoms with Crippen molar-refractivity contribution in [3.8, 4) is 0 Å². The SMILES string of the molecule is CC(C)C(=O)NCCN1C(=O)c2cccc(F)c2C1=O. The van der Waals surface area contributed by atoms with Crippen molar-refractivity contribution in [2.24, 2.45) is 5.92 Å². The van der Waals surface area contributed by atoms with Crippen LogP contribution in [0.3, 0.4) is 0 Å². The Labute approximate surface area is 115 Å². The Morgan fingerprint density at radius 2 is 2.00 bits per heavy atom. The molecule has 0 saturated heterocycles. The van der Waals surface area contributed by atoms with Gasteiger partial charge in [0.25, 0.3) is 11.8 Å². The van der Waals surface area contributed by atoms with Crippen LogP contribution in [0.25, 0.3) is 0 Å². The zero-order chi connectivity index (χ0) is 14.9. The molecule has 2 rings (SSSR count). The van der Waals surface area contributed by atoms with Crippen molar-refractivity contribution in [1.29, 1.82) is 0 Å². The third kappa shape index (κ3) is 2.41. The molecule has 106 valence electrons. The number of carbonyl (C=O) groups excluding carboxylic acids is 3. The minimum Gasteiger partial charge on any atom is -0.354 e. The van der Waals surface area contributed by atoms with Gasteiger partial charge in [0.1, 0.15) is 5.82 Å². The smallest absolute Gasteiger partial charge is 0.264 e. The molecule has 0 radical (unpaired) electrons. The first-order chi connectivity index (χ1) is 9.43. The van der Waals surface area contributed by atoms with Crippen LogP contribution < -0.4 is 5.32 Å². The van der Waals surface area contributed by atoms with E-state index in [2.05, 4.69) is 5.32 Å².